The van der Waals surface area contributed by atoms with E-state index in [4.69, 9.17) is 0 Å². The maximum Gasteiger partial charge on any atom is 0.194 e. The number of benzene rings is 1. The number of para-hydroxylation sites is 1. The van der Waals surface area contributed by atoms with Crippen molar-refractivity contribution < 1.29 is 0 Å². The molecule has 22 heavy (non-hydrogen) atoms. The number of rotatable bonds is 3. The molecular weight excluding hydrogens is 276 g/mol. The molecule has 0 unspecified atom stereocenters. The van der Waals surface area contributed by atoms with Crippen molar-refractivity contribution in [3.63, 3.8) is 0 Å². The van der Waals surface area contributed by atoms with Crippen molar-refractivity contribution >= 4 is 11.6 Å². The highest BCUT2D eigenvalue weighted by Gasteiger charge is 2.19. The molecule has 2 heterocycles. The first-order valence-electron chi connectivity index (χ1n) is 7.60. The van der Waals surface area contributed by atoms with Gasteiger partial charge in [-0.25, -0.2) is 0 Å². The average molecular weight is 298 g/mol. The molecule has 6 nitrogen and oxygen atoms in total. The molecule has 6 heteroatoms. The lowest BCUT2D eigenvalue weighted by molar-refractivity contribution is 0.372. The lowest BCUT2D eigenvalue weighted by Gasteiger charge is -2.37. The Kier molecular flexibility index (Phi) is 4.58. The number of H-pyrrole nitrogens is 1. The second-order valence-electron chi connectivity index (χ2n) is 5.29. The van der Waals surface area contributed by atoms with Crippen LogP contribution in [0.25, 0.3) is 0 Å². The van der Waals surface area contributed by atoms with Gasteiger partial charge in [0.15, 0.2) is 5.96 Å². The molecule has 1 aliphatic rings. The molecule has 0 atom stereocenters. The van der Waals surface area contributed by atoms with Gasteiger partial charge in [0.2, 0.25) is 0 Å². The molecule has 1 saturated heterocycles. The molecule has 1 aliphatic heterocycles. The number of nitrogens with zero attached hydrogens (tertiary/aromatic N) is 4. The summed E-state index contributed by atoms with van der Waals surface area (Å²) in [6, 6.07) is 12.5. The van der Waals surface area contributed by atoms with Crippen LogP contribution in [0.4, 0.5) is 5.69 Å². The third-order valence-corrected chi connectivity index (χ3v) is 3.91. The summed E-state index contributed by atoms with van der Waals surface area (Å²) in [5.74, 6) is 0.947. The molecule has 2 aromatic rings. The zero-order chi connectivity index (χ0) is 15.2. The van der Waals surface area contributed by atoms with E-state index in [1.54, 1.807) is 6.20 Å². The van der Waals surface area contributed by atoms with Crippen molar-refractivity contribution in [1.82, 2.24) is 20.4 Å². The Bertz CT molecular complexity index is 584. The normalized spacial score (nSPS) is 16.0. The molecule has 0 bridgehead atoms. The SMILES string of the molecule is CN=C(NCc1ccn[nH]1)N1CCN(c2ccccc2)CC1. The van der Waals surface area contributed by atoms with E-state index in [1.165, 1.54) is 5.69 Å². The predicted octanol–water partition coefficient (Wildman–Crippen LogP) is 1.31. The number of anilines is 1. The van der Waals surface area contributed by atoms with Crippen molar-refractivity contribution in [2.24, 2.45) is 4.99 Å². The molecule has 0 amide bonds. The van der Waals surface area contributed by atoms with Gasteiger partial charge >= 0.3 is 0 Å². The van der Waals surface area contributed by atoms with Crippen LogP contribution in [0.2, 0.25) is 0 Å². The van der Waals surface area contributed by atoms with Gasteiger partial charge in [-0.2, -0.15) is 5.10 Å². The Labute approximate surface area is 130 Å². The van der Waals surface area contributed by atoms with Gasteiger partial charge in [-0.15, -0.1) is 0 Å². The molecule has 0 spiro atoms. The second kappa shape index (κ2) is 6.98. The van der Waals surface area contributed by atoms with Crippen LogP contribution in [0.5, 0.6) is 0 Å². The monoisotopic (exact) mass is 298 g/mol. The summed E-state index contributed by atoms with van der Waals surface area (Å²) < 4.78 is 0. The Balaban J connectivity index is 1.53. The van der Waals surface area contributed by atoms with E-state index in [2.05, 4.69) is 60.6 Å². The fraction of sp³-hybridized carbons (Fsp3) is 0.375. The molecule has 1 fully saturated rings. The fourth-order valence-electron chi connectivity index (χ4n) is 2.70. The van der Waals surface area contributed by atoms with Crippen molar-refractivity contribution in [2.75, 3.05) is 38.1 Å². The number of aromatic amines is 1. The van der Waals surface area contributed by atoms with E-state index in [0.29, 0.717) is 6.54 Å². The highest BCUT2D eigenvalue weighted by molar-refractivity contribution is 5.80. The summed E-state index contributed by atoms with van der Waals surface area (Å²) in [5, 5.41) is 10.3. The van der Waals surface area contributed by atoms with Crippen LogP contribution in [-0.4, -0.2) is 54.3 Å². The topological polar surface area (TPSA) is 59.6 Å². The first kappa shape index (κ1) is 14.4. The molecule has 0 aliphatic carbocycles. The summed E-state index contributed by atoms with van der Waals surface area (Å²) in [6.45, 7) is 4.67. The average Bonchev–Trinajstić information content (AvgIpc) is 3.10. The Morgan fingerprint density at radius 1 is 1.18 bits per heavy atom. The number of piperazine rings is 1. The smallest absolute Gasteiger partial charge is 0.194 e. The minimum absolute atomic E-state index is 0.714. The maximum absolute atomic E-state index is 4.39. The molecule has 1 aromatic carbocycles. The first-order chi connectivity index (χ1) is 10.9. The zero-order valence-corrected chi connectivity index (χ0v) is 12.9. The van der Waals surface area contributed by atoms with Gasteiger partial charge in [0, 0.05) is 45.1 Å². The fourth-order valence-corrected chi connectivity index (χ4v) is 2.70. The minimum atomic E-state index is 0.714. The number of aliphatic imine (C=N–C) groups is 1. The van der Waals surface area contributed by atoms with Crippen molar-refractivity contribution in [3.05, 3.63) is 48.3 Å². The molecule has 116 valence electrons. The van der Waals surface area contributed by atoms with E-state index in [9.17, 15) is 0 Å². The molecular formula is C16H22N6. The molecule has 0 radical (unpaired) electrons. The second-order valence-corrected chi connectivity index (χ2v) is 5.29. The lowest BCUT2D eigenvalue weighted by Crippen LogP contribution is -2.52. The van der Waals surface area contributed by atoms with Crippen LogP contribution in [-0.2, 0) is 6.54 Å². The minimum Gasteiger partial charge on any atom is -0.368 e. The predicted molar refractivity (Wildman–Crippen MR) is 89.0 cm³/mol. The Morgan fingerprint density at radius 2 is 1.95 bits per heavy atom. The van der Waals surface area contributed by atoms with Gasteiger partial charge in [0.25, 0.3) is 0 Å². The van der Waals surface area contributed by atoms with E-state index < -0.39 is 0 Å². The molecule has 1 aromatic heterocycles. The Morgan fingerprint density at radius 3 is 2.59 bits per heavy atom. The van der Waals surface area contributed by atoms with E-state index in [-0.39, 0.29) is 0 Å². The summed E-state index contributed by atoms with van der Waals surface area (Å²) in [4.78, 5) is 9.10. The highest BCUT2D eigenvalue weighted by Crippen LogP contribution is 2.15. The van der Waals surface area contributed by atoms with Crippen LogP contribution < -0.4 is 10.2 Å². The van der Waals surface area contributed by atoms with Crippen molar-refractivity contribution in [3.8, 4) is 0 Å². The maximum atomic E-state index is 4.39. The third-order valence-electron chi connectivity index (χ3n) is 3.91. The van der Waals surface area contributed by atoms with Gasteiger partial charge in [0.1, 0.15) is 0 Å². The summed E-state index contributed by atoms with van der Waals surface area (Å²) in [5.41, 5.74) is 2.35. The van der Waals surface area contributed by atoms with Crippen molar-refractivity contribution in [1.29, 1.82) is 0 Å². The van der Waals surface area contributed by atoms with Crippen molar-refractivity contribution in [2.45, 2.75) is 6.54 Å². The van der Waals surface area contributed by atoms with Crippen LogP contribution in [0.15, 0.2) is 47.6 Å². The van der Waals surface area contributed by atoms with Gasteiger partial charge in [-0.05, 0) is 18.2 Å². The molecule has 2 N–H and O–H groups in total. The van der Waals surface area contributed by atoms with E-state index in [0.717, 1.165) is 37.8 Å². The highest BCUT2D eigenvalue weighted by atomic mass is 15.3. The molecule has 0 saturated carbocycles. The number of guanidine groups is 1. The van der Waals surface area contributed by atoms with Crippen LogP contribution in [0.3, 0.4) is 0 Å². The quantitative estimate of drug-likeness (QED) is 0.662. The summed E-state index contributed by atoms with van der Waals surface area (Å²) in [6.07, 6.45) is 1.76. The van der Waals surface area contributed by atoms with Gasteiger partial charge in [0.05, 0.1) is 12.2 Å². The van der Waals surface area contributed by atoms with Crippen LogP contribution in [0, 0.1) is 0 Å². The summed E-state index contributed by atoms with van der Waals surface area (Å²) in [7, 11) is 1.83. The number of aromatic nitrogens is 2. The van der Waals surface area contributed by atoms with E-state index >= 15 is 0 Å². The van der Waals surface area contributed by atoms with Crippen LogP contribution >= 0.6 is 0 Å². The zero-order valence-electron chi connectivity index (χ0n) is 12.9. The van der Waals surface area contributed by atoms with Gasteiger partial charge in [-0.3, -0.25) is 10.1 Å². The number of hydrogen-bond donors (Lipinski definition) is 2. The number of nitrogens with one attached hydrogen (secondary N) is 2. The number of hydrogen-bond acceptors (Lipinski definition) is 3. The van der Waals surface area contributed by atoms with Crippen LogP contribution in [0.1, 0.15) is 5.69 Å². The van der Waals surface area contributed by atoms with Gasteiger partial charge < -0.3 is 15.1 Å². The third kappa shape index (κ3) is 3.39. The molecule has 3 rings (SSSR count). The largest absolute Gasteiger partial charge is 0.368 e. The first-order valence-corrected chi connectivity index (χ1v) is 7.60. The lowest BCUT2D eigenvalue weighted by atomic mass is 10.2. The van der Waals surface area contributed by atoms with Gasteiger partial charge in [-0.1, -0.05) is 18.2 Å². The standard InChI is InChI=1S/C16H22N6/c1-17-16(18-13-14-7-8-19-20-14)22-11-9-21(10-12-22)15-5-3-2-4-6-15/h2-8H,9-13H2,1H3,(H,17,18)(H,19,20). The summed E-state index contributed by atoms with van der Waals surface area (Å²) >= 11 is 0. The Hall–Kier alpha value is -2.50. The van der Waals surface area contributed by atoms with E-state index in [1.807, 2.05) is 13.1 Å².